The molecule has 0 aliphatic rings. The first kappa shape index (κ1) is 40.0. The molecule has 6 atom stereocenters. The predicted molar refractivity (Wildman–Crippen MR) is 178 cm³/mol. The number of halogens is 1. The summed E-state index contributed by atoms with van der Waals surface area (Å²) in [5, 5.41) is 40.5. The molecule has 0 aromatic heterocycles. The minimum absolute atomic E-state index is 0.0781. The van der Waals surface area contributed by atoms with Gasteiger partial charge >= 0.3 is 7.12 Å². The maximum absolute atomic E-state index is 13.0. The molecule has 0 heterocycles. The molecule has 0 aliphatic heterocycles. The number of benzene rings is 2. The van der Waals surface area contributed by atoms with Crippen LogP contribution in [0.5, 0.6) is 0 Å². The summed E-state index contributed by atoms with van der Waals surface area (Å²) in [7, 11) is -2.07. The fraction of sp³-hybridized carbons (Fsp3) is 0.414. The first-order valence-corrected chi connectivity index (χ1v) is 15.4. The van der Waals surface area contributed by atoms with Gasteiger partial charge in [-0.1, -0.05) is 35.9 Å². The Hall–Kier alpha value is -4.14. The smallest absolute Gasteiger partial charge is 0.425 e. The molecule has 1 unspecified atom stereocenters. The number of unbranched alkanes of at least 4 members (excludes halogenated alkanes) is 1. The number of carbonyl (C=O) groups excluding carboxylic acids is 5. The fourth-order valence-corrected chi connectivity index (χ4v) is 4.39. The van der Waals surface area contributed by atoms with E-state index in [0.717, 1.165) is 11.1 Å². The highest BCUT2D eigenvalue weighted by atomic mass is 35.5. The average molecular weight is 692 g/mol. The zero-order chi connectivity index (χ0) is 36.0. The van der Waals surface area contributed by atoms with Gasteiger partial charge < -0.3 is 64.7 Å². The zero-order valence-corrected chi connectivity index (χ0v) is 27.0. The number of aliphatic hydroxyl groups excluding tert-OH is 1. The van der Waals surface area contributed by atoms with E-state index in [1.54, 1.807) is 36.4 Å². The van der Waals surface area contributed by atoms with Gasteiger partial charge in [0.05, 0.1) is 6.10 Å². The van der Waals surface area contributed by atoms with Gasteiger partial charge in [0, 0.05) is 17.1 Å². The van der Waals surface area contributed by atoms with Crippen molar-refractivity contribution in [3.63, 3.8) is 0 Å². The van der Waals surface area contributed by atoms with E-state index in [0.29, 0.717) is 24.4 Å². The van der Waals surface area contributed by atoms with Crippen LogP contribution in [-0.4, -0.2) is 101 Å². The number of aliphatic hydroxyl groups is 1. The molecule has 0 aliphatic carbocycles. The van der Waals surface area contributed by atoms with Gasteiger partial charge in [0.25, 0.3) is 11.8 Å². The Morgan fingerprint density at radius 2 is 1.31 bits per heavy atom. The van der Waals surface area contributed by atoms with Gasteiger partial charge in [-0.25, -0.2) is 0 Å². The van der Waals surface area contributed by atoms with E-state index >= 15 is 0 Å². The van der Waals surface area contributed by atoms with E-state index in [1.165, 1.54) is 6.92 Å². The summed E-state index contributed by atoms with van der Waals surface area (Å²) >= 11 is 5.93. The minimum Gasteiger partial charge on any atom is -0.425 e. The van der Waals surface area contributed by atoms with Gasteiger partial charge in [-0.05, 0) is 68.1 Å². The number of rotatable bonds is 18. The molecule has 262 valence electrons. The van der Waals surface area contributed by atoms with Crippen LogP contribution in [0.4, 0.5) is 0 Å². The van der Waals surface area contributed by atoms with Crippen LogP contribution in [-0.2, 0) is 19.2 Å². The van der Waals surface area contributed by atoms with E-state index in [9.17, 15) is 29.1 Å². The third-order valence-corrected chi connectivity index (χ3v) is 7.29. The molecule has 0 bridgehead atoms. The number of nitrogens with one attached hydrogen (secondary N) is 5. The quantitative estimate of drug-likeness (QED) is 0.0409. The third kappa shape index (κ3) is 12.5. The molecule has 16 N–H and O–H groups in total. The maximum atomic E-state index is 13.0. The first-order chi connectivity index (χ1) is 22.7. The topological polar surface area (TPSA) is 310 Å². The van der Waals surface area contributed by atoms with Crippen LogP contribution in [0, 0.1) is 0 Å². The van der Waals surface area contributed by atoms with Crippen LogP contribution >= 0.6 is 11.6 Å². The van der Waals surface area contributed by atoms with Crippen molar-refractivity contribution in [1.82, 2.24) is 26.6 Å². The summed E-state index contributed by atoms with van der Waals surface area (Å²) in [5.41, 5.74) is 24.4. The van der Waals surface area contributed by atoms with Crippen LogP contribution in [0.1, 0.15) is 36.5 Å². The van der Waals surface area contributed by atoms with Gasteiger partial charge in [0.1, 0.15) is 24.2 Å². The second kappa shape index (κ2) is 19.6. The van der Waals surface area contributed by atoms with Crippen LogP contribution < -0.4 is 49.5 Å². The second-order valence-corrected chi connectivity index (χ2v) is 11.3. The Balaban J connectivity index is 2.03. The van der Waals surface area contributed by atoms with E-state index in [4.69, 9.17) is 44.6 Å². The molecule has 0 saturated carbocycles. The van der Waals surface area contributed by atoms with Crippen LogP contribution in [0.2, 0.25) is 5.02 Å². The first-order valence-electron chi connectivity index (χ1n) is 15.0. The average Bonchev–Trinajstić information content (AvgIpc) is 3.05. The Bertz CT molecular complexity index is 1390. The van der Waals surface area contributed by atoms with Crippen molar-refractivity contribution < 1.29 is 39.1 Å². The lowest BCUT2D eigenvalue weighted by Crippen LogP contribution is -2.63. The predicted octanol–water partition coefficient (Wildman–Crippen LogP) is -3.64. The molecular formula is C29H43BClN9O8. The van der Waals surface area contributed by atoms with Crippen molar-refractivity contribution in [2.24, 2.45) is 22.9 Å². The van der Waals surface area contributed by atoms with E-state index in [-0.39, 0.29) is 18.5 Å². The molecule has 2 aromatic carbocycles. The molecule has 2 rings (SSSR count). The summed E-state index contributed by atoms with van der Waals surface area (Å²) in [5.74, 6) is -4.45. The third-order valence-electron chi connectivity index (χ3n) is 7.04. The van der Waals surface area contributed by atoms with Crippen molar-refractivity contribution in [2.45, 2.75) is 62.6 Å². The van der Waals surface area contributed by atoms with Crippen molar-refractivity contribution >= 4 is 48.3 Å². The molecule has 48 heavy (non-hydrogen) atoms. The van der Waals surface area contributed by atoms with Crippen LogP contribution in [0.3, 0.4) is 0 Å². The molecule has 17 nitrogen and oxygen atoms in total. The second-order valence-electron chi connectivity index (χ2n) is 10.9. The highest BCUT2D eigenvalue weighted by molar-refractivity contribution is 6.43. The summed E-state index contributed by atoms with van der Waals surface area (Å²) in [6.07, 6.45) is -2.25. The maximum Gasteiger partial charge on any atom is 0.490 e. The Morgan fingerprint density at radius 1 is 0.750 bits per heavy atom. The van der Waals surface area contributed by atoms with Crippen LogP contribution in [0.25, 0.3) is 11.1 Å². The van der Waals surface area contributed by atoms with Crippen molar-refractivity contribution in [1.29, 1.82) is 0 Å². The molecule has 19 heteroatoms. The lowest BCUT2D eigenvalue weighted by atomic mass is 9.86. The molecule has 2 aromatic rings. The van der Waals surface area contributed by atoms with Crippen LogP contribution in [0.15, 0.2) is 48.5 Å². The molecular weight excluding hydrogens is 649 g/mol. The monoisotopic (exact) mass is 691 g/mol. The Labute approximate surface area is 282 Å². The number of amides is 5. The number of carbonyl (C=O) groups is 5. The van der Waals surface area contributed by atoms with E-state index < -0.39 is 73.1 Å². The van der Waals surface area contributed by atoms with Gasteiger partial charge in [-0.2, -0.15) is 0 Å². The summed E-state index contributed by atoms with van der Waals surface area (Å²) < 4.78 is 0. The van der Waals surface area contributed by atoms with Gasteiger partial charge in [0.15, 0.2) is 6.17 Å². The molecule has 0 fully saturated rings. The summed E-state index contributed by atoms with van der Waals surface area (Å²) in [4.78, 5) is 64.2. The van der Waals surface area contributed by atoms with Crippen molar-refractivity contribution in [2.75, 3.05) is 13.1 Å². The SMILES string of the molecule is CC(O)[C@H](NC(=O)[C@H](CN)NC(=O)c1ccc(-c2ccc(Cl)cc2)cc1)C(=O)N[C@@H](N)C(=O)N[C@@H](CCCCN)C(=O)N[C@@H](N)B(O)O. The molecule has 0 saturated heterocycles. The standard InChI is InChI=1S/C29H43BClN9O8/c1-15(41)22(27(45)39-23(34)28(46)36-20(4-2-3-13-32)25(43)40-29(35)30(47)48)38-26(44)21(14-33)37-24(42)18-7-5-16(6-8-18)17-9-11-19(31)12-10-17/h5-12,15,20-23,29,41,47-48H,2-4,13-14,32-35H2,1H3,(H,36,46)(H,37,42)(H,38,44)(H,39,45)(H,40,43)/t15?,20-,21-,22-,23+,29+/m0/s1. The summed E-state index contributed by atoms with van der Waals surface area (Å²) in [6, 6.07) is 7.94. The normalized spacial score (nSPS) is 14.7. The van der Waals surface area contributed by atoms with E-state index in [2.05, 4.69) is 26.6 Å². The van der Waals surface area contributed by atoms with Crippen molar-refractivity contribution in [3.05, 3.63) is 59.1 Å². The fourth-order valence-electron chi connectivity index (χ4n) is 4.26. The lowest BCUT2D eigenvalue weighted by molar-refractivity contribution is -0.135. The molecule has 0 spiro atoms. The zero-order valence-electron chi connectivity index (χ0n) is 26.3. The lowest BCUT2D eigenvalue weighted by Gasteiger charge is -2.26. The largest absolute Gasteiger partial charge is 0.490 e. The summed E-state index contributed by atoms with van der Waals surface area (Å²) in [6.45, 7) is 1.15. The van der Waals surface area contributed by atoms with E-state index in [1.807, 2.05) is 12.1 Å². The van der Waals surface area contributed by atoms with Gasteiger partial charge in [-0.3, -0.25) is 24.0 Å². The number of hydrogen-bond donors (Lipinski definition) is 12. The highest BCUT2D eigenvalue weighted by Gasteiger charge is 2.33. The van der Waals surface area contributed by atoms with Gasteiger partial charge in [0.2, 0.25) is 17.7 Å². The Morgan fingerprint density at radius 3 is 1.83 bits per heavy atom. The van der Waals surface area contributed by atoms with Crippen molar-refractivity contribution in [3.8, 4) is 11.1 Å². The molecule has 0 radical (unpaired) electrons. The minimum atomic E-state index is -2.07. The van der Waals surface area contributed by atoms with Gasteiger partial charge in [-0.15, -0.1) is 0 Å². The Kier molecular flexibility index (Phi) is 16.4. The number of nitrogens with two attached hydrogens (primary N) is 4. The highest BCUT2D eigenvalue weighted by Crippen LogP contribution is 2.22. The molecule has 5 amide bonds. The number of hydrogen-bond acceptors (Lipinski definition) is 12.